The molecule has 2 aromatic carbocycles. The zero-order chi connectivity index (χ0) is 47.1. The van der Waals surface area contributed by atoms with Crippen molar-refractivity contribution in [1.82, 2.24) is 51.3 Å². The van der Waals surface area contributed by atoms with Crippen LogP contribution in [0.1, 0.15) is 62.3 Å². The molecule has 2 heterocycles. The number of aromatic nitrogens is 3. The summed E-state index contributed by atoms with van der Waals surface area (Å²) in [7, 11) is 3.34. The van der Waals surface area contributed by atoms with Crippen LogP contribution in [0.15, 0.2) is 36.4 Å². The maximum absolute atomic E-state index is 13.4. The van der Waals surface area contributed by atoms with Gasteiger partial charge in [0.25, 0.3) is 5.91 Å². The van der Waals surface area contributed by atoms with Crippen molar-refractivity contribution in [2.24, 2.45) is 0 Å². The zero-order valence-electron chi connectivity index (χ0n) is 37.3. The number of carbonyl (C=O) groups excluding carboxylic acids is 5. The molecule has 0 unspecified atom stereocenters. The Bertz CT molecular complexity index is 2050. The molecular formula is C41H59I2N11O10. The summed E-state index contributed by atoms with van der Waals surface area (Å²) in [5, 5.41) is 32.7. The van der Waals surface area contributed by atoms with E-state index in [1.165, 1.54) is 9.18 Å². The summed E-state index contributed by atoms with van der Waals surface area (Å²) in [6.45, 7) is 14.7. The summed E-state index contributed by atoms with van der Waals surface area (Å²) >= 11 is 3.81. The Kier molecular flexibility index (Phi) is 20.8. The third-order valence-electron chi connectivity index (χ3n) is 10.1. The molecular weight excluding hydrogens is 1060 g/mol. The molecule has 3 aromatic rings. The van der Waals surface area contributed by atoms with Crippen LogP contribution < -0.4 is 5.32 Å². The molecule has 0 spiro atoms. The van der Waals surface area contributed by atoms with Crippen molar-refractivity contribution in [1.29, 1.82) is 0 Å². The molecule has 0 bridgehead atoms. The highest BCUT2D eigenvalue weighted by Crippen LogP contribution is 2.38. The van der Waals surface area contributed by atoms with E-state index >= 15 is 0 Å². The number of carbonyl (C=O) groups is 5. The van der Waals surface area contributed by atoms with E-state index in [1.54, 1.807) is 39.7 Å². The molecule has 64 heavy (non-hydrogen) atoms. The first kappa shape index (κ1) is 52.4. The van der Waals surface area contributed by atoms with Gasteiger partial charge in [0.2, 0.25) is 17.1 Å². The molecule has 21 nitrogen and oxygen atoms in total. The maximum atomic E-state index is 13.4. The van der Waals surface area contributed by atoms with E-state index in [0.717, 1.165) is 5.56 Å². The summed E-state index contributed by atoms with van der Waals surface area (Å²) in [5.41, 5.74) is 2.59. The number of phenolic OH excluding ortho intramolecular Hbond substituents is 2. The fraction of sp³-hybridized carbons (Fsp3) is 0.537. The van der Waals surface area contributed by atoms with Gasteiger partial charge in [-0.15, -0.1) is 10.2 Å². The smallest absolute Gasteiger partial charge is 0.347 e. The van der Waals surface area contributed by atoms with Gasteiger partial charge in [0.15, 0.2) is 5.82 Å². The number of amides is 2. The highest BCUT2D eigenvalue weighted by Gasteiger charge is 2.28. The Labute approximate surface area is 401 Å². The molecule has 0 aliphatic carbocycles. The number of likely N-dealkylation sites (N-methyl/N-ethyl adjacent to an activating group) is 4. The van der Waals surface area contributed by atoms with Crippen molar-refractivity contribution < 1.29 is 48.7 Å². The van der Waals surface area contributed by atoms with Gasteiger partial charge in [-0.05, 0) is 62.8 Å². The Morgan fingerprint density at radius 1 is 0.797 bits per heavy atom. The zero-order valence-corrected chi connectivity index (χ0v) is 41.6. The fourth-order valence-electron chi connectivity index (χ4n) is 6.56. The first-order chi connectivity index (χ1) is 30.4. The molecule has 3 N–H and O–H groups in total. The van der Waals surface area contributed by atoms with Crippen LogP contribution in [0.5, 0.6) is 11.5 Å². The van der Waals surface area contributed by atoms with E-state index in [4.69, 9.17) is 14.5 Å². The van der Waals surface area contributed by atoms with Crippen LogP contribution in [0.3, 0.4) is 0 Å². The summed E-state index contributed by atoms with van der Waals surface area (Å²) in [6, 6.07) is 10.6. The molecule has 0 atom stereocenters. The summed E-state index contributed by atoms with van der Waals surface area (Å²) in [5.74, 6) is -2.82. The summed E-state index contributed by atoms with van der Waals surface area (Å²) in [6.07, 6.45) is 0. The molecule has 23 heteroatoms. The lowest BCUT2D eigenvalue weighted by atomic mass is 9.98. The number of rotatable bonds is 23. The average Bonchev–Trinajstić information content (AvgIpc) is 3.67. The van der Waals surface area contributed by atoms with Crippen molar-refractivity contribution in [2.75, 3.05) is 99.2 Å². The highest BCUT2D eigenvalue weighted by atomic mass is 127. The first-order valence-corrected chi connectivity index (χ1v) is 22.9. The lowest BCUT2D eigenvalue weighted by molar-refractivity contribution is -0.464. The number of hydrogen-bond donors (Lipinski definition) is 3. The summed E-state index contributed by atoms with van der Waals surface area (Å²) in [4.78, 5) is 86.6. The van der Waals surface area contributed by atoms with Crippen molar-refractivity contribution in [3.63, 3.8) is 0 Å². The van der Waals surface area contributed by atoms with Crippen molar-refractivity contribution in [3.8, 4) is 28.6 Å². The summed E-state index contributed by atoms with van der Waals surface area (Å²) < 4.78 is 4.73. The lowest BCUT2D eigenvalue weighted by Gasteiger charge is -2.36. The van der Waals surface area contributed by atoms with Gasteiger partial charge in [0.1, 0.15) is 24.6 Å². The van der Waals surface area contributed by atoms with Gasteiger partial charge in [-0.25, -0.2) is 20.6 Å². The van der Waals surface area contributed by atoms with E-state index in [0.29, 0.717) is 82.3 Å². The van der Waals surface area contributed by atoms with Crippen molar-refractivity contribution in [2.45, 2.75) is 47.1 Å². The second-order valence-electron chi connectivity index (χ2n) is 15.4. The predicted octanol–water partition coefficient (Wildman–Crippen LogP) is 2.75. The van der Waals surface area contributed by atoms with E-state index < -0.39 is 23.8 Å². The van der Waals surface area contributed by atoms with Gasteiger partial charge < -0.3 is 20.4 Å². The third kappa shape index (κ3) is 15.7. The van der Waals surface area contributed by atoms with Crippen LogP contribution in [0.4, 0.5) is 0 Å². The number of piperazine rings is 1. The predicted molar refractivity (Wildman–Crippen MR) is 252 cm³/mol. The molecule has 1 aliphatic rings. The number of benzene rings is 2. The maximum Gasteiger partial charge on any atom is 0.347 e. The molecule has 1 fully saturated rings. The van der Waals surface area contributed by atoms with Gasteiger partial charge in [0, 0.05) is 116 Å². The molecule has 0 radical (unpaired) electrons. The van der Waals surface area contributed by atoms with Gasteiger partial charge in [-0.1, -0.05) is 39.8 Å². The standard InChI is InChI=1S/C41H59I2N11O10/c1-8-44-41(61)40-46-45-39(32-21-31(28(4)5)33(55)22-34(32)56)53(40)30-13-11-29(12-14-30)23-50-17-19-51(20-18-50)35(57)24-49(9-2)16-15-47(6)25-36(58)62-54(63-37(59)26-48(7)42)64-38(60)27-52(43)10-3/h11-14,21-22,28,55-56H,8-10,15-20,23-27H2,1-7H3,(H,44,61). The lowest BCUT2D eigenvalue weighted by Crippen LogP contribution is -2.51. The molecule has 1 aliphatic heterocycles. The van der Waals surface area contributed by atoms with E-state index in [-0.39, 0.29) is 66.5 Å². The largest absolute Gasteiger partial charge is 0.508 e. The molecule has 0 saturated carbocycles. The Balaban J connectivity index is 1.29. The van der Waals surface area contributed by atoms with E-state index in [9.17, 15) is 34.2 Å². The Morgan fingerprint density at radius 2 is 1.42 bits per heavy atom. The van der Waals surface area contributed by atoms with Gasteiger partial charge in [-0.3, -0.25) is 43.4 Å². The van der Waals surface area contributed by atoms with E-state index in [2.05, 4.69) is 20.4 Å². The number of aromatic hydroxyl groups is 2. The quantitative estimate of drug-likeness (QED) is 0.0707. The SMILES string of the molecule is CCNC(=O)c1nnc(-c2cc(C(C)C)c(O)cc2O)n1-c1ccc(CN2CCN(C(=O)CN(CC)CCN(C)CC(=O)ON(OC(=O)CN(C)I)OC(=O)CN(I)CC)CC2)cc1. The van der Waals surface area contributed by atoms with Gasteiger partial charge in [-0.2, -0.15) is 0 Å². The molecule has 4 rings (SSSR count). The van der Waals surface area contributed by atoms with Crippen LogP contribution in [-0.4, -0.2) is 185 Å². The Morgan fingerprint density at radius 3 is 2.00 bits per heavy atom. The number of phenols is 2. The molecule has 2 amide bonds. The van der Waals surface area contributed by atoms with Crippen LogP contribution in [0.2, 0.25) is 0 Å². The second-order valence-corrected chi connectivity index (χ2v) is 18.4. The number of halogens is 2. The third-order valence-corrected chi connectivity index (χ3v) is 11.4. The minimum absolute atomic E-state index is 0.00493. The number of hydrogen-bond acceptors (Lipinski definition) is 18. The minimum atomic E-state index is -0.831. The average molecular weight is 1120 g/mol. The van der Waals surface area contributed by atoms with Gasteiger partial charge >= 0.3 is 17.9 Å². The van der Waals surface area contributed by atoms with Crippen LogP contribution in [0, 0.1) is 0 Å². The number of nitrogens with zero attached hydrogens (tertiary/aromatic N) is 10. The van der Waals surface area contributed by atoms with Crippen LogP contribution in [0.25, 0.3) is 17.1 Å². The van der Waals surface area contributed by atoms with Crippen molar-refractivity contribution in [3.05, 3.63) is 53.3 Å². The van der Waals surface area contributed by atoms with Crippen LogP contribution in [-0.2, 0) is 40.2 Å². The van der Waals surface area contributed by atoms with E-state index in [1.807, 2.05) is 107 Å². The monoisotopic (exact) mass is 1120 g/mol. The Hall–Kier alpha value is -4.25. The van der Waals surface area contributed by atoms with Crippen molar-refractivity contribution >= 4 is 75.5 Å². The number of nitrogens with one attached hydrogen (secondary N) is 1. The highest BCUT2D eigenvalue weighted by molar-refractivity contribution is 14.1. The normalized spacial score (nSPS) is 13.4. The minimum Gasteiger partial charge on any atom is -0.508 e. The topological polar surface area (TPSA) is 219 Å². The molecule has 1 aromatic heterocycles. The molecule has 1 saturated heterocycles. The fourth-order valence-corrected chi connectivity index (χ4v) is 7.12. The second kappa shape index (κ2) is 25.4. The first-order valence-electron chi connectivity index (χ1n) is 20.9. The molecule has 352 valence electrons. The van der Waals surface area contributed by atoms with Gasteiger partial charge in [0.05, 0.1) is 18.7 Å². The van der Waals surface area contributed by atoms with Crippen LogP contribution >= 0.6 is 45.7 Å².